The van der Waals surface area contributed by atoms with E-state index in [9.17, 15) is 4.39 Å². The minimum Gasteiger partial charge on any atom is -0.493 e. The molecule has 0 unspecified atom stereocenters. The zero-order valence-electron chi connectivity index (χ0n) is 15.2. The number of benzene rings is 2. The van der Waals surface area contributed by atoms with Gasteiger partial charge in [-0.05, 0) is 30.2 Å². The summed E-state index contributed by atoms with van der Waals surface area (Å²) in [4.78, 5) is 4.20. The van der Waals surface area contributed by atoms with E-state index in [0.717, 1.165) is 11.1 Å². The van der Waals surface area contributed by atoms with Crippen LogP contribution in [0.1, 0.15) is 11.1 Å². The highest BCUT2D eigenvalue weighted by Crippen LogP contribution is 2.30. The SMILES string of the molecule is CN=C(NCCc1cccc(F)c1)NCc1cccc(OC)c1OC.I. The maximum absolute atomic E-state index is 13.2. The van der Waals surface area contributed by atoms with Crippen LogP contribution in [0.3, 0.4) is 0 Å². The molecule has 0 bridgehead atoms. The third kappa shape index (κ3) is 6.36. The molecule has 0 aromatic heterocycles. The number of hydrogen-bond donors (Lipinski definition) is 2. The molecule has 0 radical (unpaired) electrons. The molecule has 0 aliphatic heterocycles. The Kier molecular flexibility index (Phi) is 9.79. The maximum Gasteiger partial charge on any atom is 0.191 e. The first-order valence-electron chi connectivity index (χ1n) is 8.06. The van der Waals surface area contributed by atoms with Crippen molar-refractivity contribution in [3.05, 3.63) is 59.4 Å². The summed E-state index contributed by atoms with van der Waals surface area (Å²) in [5.74, 6) is 1.84. The van der Waals surface area contributed by atoms with Crippen LogP contribution in [-0.2, 0) is 13.0 Å². The zero-order chi connectivity index (χ0) is 18.1. The van der Waals surface area contributed by atoms with Gasteiger partial charge in [0, 0.05) is 25.7 Å². The van der Waals surface area contributed by atoms with Gasteiger partial charge >= 0.3 is 0 Å². The van der Waals surface area contributed by atoms with Crippen molar-refractivity contribution >= 4 is 29.9 Å². The molecule has 5 nitrogen and oxygen atoms in total. The fourth-order valence-electron chi connectivity index (χ4n) is 2.51. The molecule has 0 amide bonds. The molecule has 2 aromatic carbocycles. The Morgan fingerprint density at radius 3 is 2.50 bits per heavy atom. The van der Waals surface area contributed by atoms with Crippen LogP contribution in [0, 0.1) is 5.82 Å². The van der Waals surface area contributed by atoms with E-state index < -0.39 is 0 Å². The van der Waals surface area contributed by atoms with E-state index in [1.54, 1.807) is 33.4 Å². The Labute approximate surface area is 171 Å². The van der Waals surface area contributed by atoms with Crippen molar-refractivity contribution in [3.63, 3.8) is 0 Å². The van der Waals surface area contributed by atoms with Crippen LogP contribution in [0.2, 0.25) is 0 Å². The molecular weight excluding hydrogens is 448 g/mol. The maximum atomic E-state index is 13.2. The smallest absolute Gasteiger partial charge is 0.191 e. The van der Waals surface area contributed by atoms with Gasteiger partial charge in [-0.15, -0.1) is 24.0 Å². The van der Waals surface area contributed by atoms with Crippen molar-refractivity contribution < 1.29 is 13.9 Å². The van der Waals surface area contributed by atoms with Crippen LogP contribution in [-0.4, -0.2) is 33.8 Å². The van der Waals surface area contributed by atoms with Gasteiger partial charge in [0.15, 0.2) is 17.5 Å². The molecule has 0 saturated carbocycles. The second-order valence-corrected chi connectivity index (χ2v) is 5.39. The molecule has 0 aliphatic rings. The number of guanidine groups is 1. The Morgan fingerprint density at radius 2 is 1.85 bits per heavy atom. The van der Waals surface area contributed by atoms with Gasteiger partial charge in [0.05, 0.1) is 14.2 Å². The number of methoxy groups -OCH3 is 2. The summed E-state index contributed by atoms with van der Waals surface area (Å²) >= 11 is 0. The summed E-state index contributed by atoms with van der Waals surface area (Å²) in [5, 5.41) is 6.46. The molecular formula is C19H25FIN3O2. The summed E-state index contributed by atoms with van der Waals surface area (Å²) in [5.41, 5.74) is 1.91. The van der Waals surface area contributed by atoms with E-state index in [2.05, 4.69) is 15.6 Å². The summed E-state index contributed by atoms with van der Waals surface area (Å²) in [6.45, 7) is 1.19. The molecule has 0 spiro atoms. The number of nitrogens with one attached hydrogen (secondary N) is 2. The fraction of sp³-hybridized carbons (Fsp3) is 0.316. The first-order valence-corrected chi connectivity index (χ1v) is 8.06. The van der Waals surface area contributed by atoms with Crippen molar-refractivity contribution in [2.24, 2.45) is 4.99 Å². The van der Waals surface area contributed by atoms with Gasteiger partial charge in [0.25, 0.3) is 0 Å². The molecule has 0 fully saturated rings. The van der Waals surface area contributed by atoms with Crippen molar-refractivity contribution in [1.29, 1.82) is 0 Å². The zero-order valence-corrected chi connectivity index (χ0v) is 17.5. The summed E-state index contributed by atoms with van der Waals surface area (Å²) in [6, 6.07) is 12.3. The second kappa shape index (κ2) is 11.6. The molecule has 0 saturated heterocycles. The van der Waals surface area contributed by atoms with Gasteiger partial charge in [0.1, 0.15) is 5.82 Å². The van der Waals surface area contributed by atoms with E-state index in [4.69, 9.17) is 9.47 Å². The van der Waals surface area contributed by atoms with E-state index in [1.165, 1.54) is 6.07 Å². The number of aliphatic imine (C=N–C) groups is 1. The average Bonchev–Trinajstić information content (AvgIpc) is 2.64. The molecule has 0 heterocycles. The van der Waals surface area contributed by atoms with Gasteiger partial charge in [-0.2, -0.15) is 0 Å². The molecule has 7 heteroatoms. The van der Waals surface area contributed by atoms with Gasteiger partial charge in [-0.3, -0.25) is 4.99 Å². The minimum absolute atomic E-state index is 0. The fourth-order valence-corrected chi connectivity index (χ4v) is 2.51. The molecule has 0 atom stereocenters. The first kappa shape index (κ1) is 22.0. The summed E-state index contributed by atoms with van der Waals surface area (Å²) in [6.07, 6.45) is 0.709. The normalized spacial score (nSPS) is 10.7. The van der Waals surface area contributed by atoms with Crippen molar-refractivity contribution in [1.82, 2.24) is 10.6 Å². The lowest BCUT2D eigenvalue weighted by Gasteiger charge is -2.15. The lowest BCUT2D eigenvalue weighted by atomic mass is 10.1. The Morgan fingerprint density at radius 1 is 1.08 bits per heavy atom. The molecule has 0 aliphatic carbocycles. The third-order valence-corrected chi connectivity index (χ3v) is 3.75. The van der Waals surface area contributed by atoms with Crippen LogP contribution in [0.4, 0.5) is 4.39 Å². The van der Waals surface area contributed by atoms with E-state index >= 15 is 0 Å². The summed E-state index contributed by atoms with van der Waals surface area (Å²) in [7, 11) is 4.94. The number of nitrogens with zero attached hydrogens (tertiary/aromatic N) is 1. The topological polar surface area (TPSA) is 54.9 Å². The Bertz CT molecular complexity index is 726. The number of para-hydroxylation sites is 1. The lowest BCUT2D eigenvalue weighted by Crippen LogP contribution is -2.37. The van der Waals surface area contributed by atoms with E-state index in [0.29, 0.717) is 37.0 Å². The monoisotopic (exact) mass is 473 g/mol. The Balaban J connectivity index is 0.00000338. The standard InChI is InChI=1S/C19H24FN3O2.HI/c1-21-19(22-11-10-14-6-4-8-16(20)12-14)23-13-15-7-5-9-17(24-2)18(15)25-3;/h4-9,12H,10-11,13H2,1-3H3,(H2,21,22,23);1H. The molecule has 2 rings (SSSR count). The van der Waals surface area contributed by atoms with Crippen LogP contribution < -0.4 is 20.1 Å². The number of halogens is 2. The van der Waals surface area contributed by atoms with E-state index in [1.807, 2.05) is 24.3 Å². The molecule has 26 heavy (non-hydrogen) atoms. The van der Waals surface area contributed by atoms with Crippen LogP contribution >= 0.6 is 24.0 Å². The highest BCUT2D eigenvalue weighted by atomic mass is 127. The Hall–Kier alpha value is -2.03. The van der Waals surface area contributed by atoms with E-state index in [-0.39, 0.29) is 29.8 Å². The predicted octanol–water partition coefficient (Wildman–Crippen LogP) is 3.37. The largest absolute Gasteiger partial charge is 0.493 e. The van der Waals surface area contributed by atoms with Crippen LogP contribution in [0.25, 0.3) is 0 Å². The minimum atomic E-state index is -0.217. The lowest BCUT2D eigenvalue weighted by molar-refractivity contribution is 0.351. The first-order chi connectivity index (χ1) is 12.2. The van der Waals surface area contributed by atoms with Crippen molar-refractivity contribution in [2.45, 2.75) is 13.0 Å². The van der Waals surface area contributed by atoms with Gasteiger partial charge < -0.3 is 20.1 Å². The van der Waals surface area contributed by atoms with Gasteiger partial charge in [-0.1, -0.05) is 24.3 Å². The molecule has 2 N–H and O–H groups in total. The van der Waals surface area contributed by atoms with Crippen molar-refractivity contribution in [3.8, 4) is 11.5 Å². The predicted molar refractivity (Wildman–Crippen MR) is 113 cm³/mol. The second-order valence-electron chi connectivity index (χ2n) is 5.39. The molecule has 142 valence electrons. The molecule has 2 aromatic rings. The van der Waals surface area contributed by atoms with Gasteiger partial charge in [-0.25, -0.2) is 4.39 Å². The van der Waals surface area contributed by atoms with Crippen LogP contribution in [0.5, 0.6) is 11.5 Å². The van der Waals surface area contributed by atoms with Gasteiger partial charge in [0.2, 0.25) is 0 Å². The average molecular weight is 473 g/mol. The number of ether oxygens (including phenoxy) is 2. The highest BCUT2D eigenvalue weighted by Gasteiger charge is 2.09. The van der Waals surface area contributed by atoms with Crippen LogP contribution in [0.15, 0.2) is 47.5 Å². The highest BCUT2D eigenvalue weighted by molar-refractivity contribution is 14.0. The van der Waals surface area contributed by atoms with Crippen molar-refractivity contribution in [2.75, 3.05) is 27.8 Å². The quantitative estimate of drug-likeness (QED) is 0.368. The third-order valence-electron chi connectivity index (χ3n) is 3.75. The summed E-state index contributed by atoms with van der Waals surface area (Å²) < 4.78 is 23.9. The number of hydrogen-bond acceptors (Lipinski definition) is 3. The number of rotatable bonds is 7.